The van der Waals surface area contributed by atoms with Gasteiger partial charge in [0.25, 0.3) is 5.91 Å². The van der Waals surface area contributed by atoms with Gasteiger partial charge in [-0.1, -0.05) is 48.0 Å². The minimum absolute atomic E-state index is 0.000310. The summed E-state index contributed by atoms with van der Waals surface area (Å²) in [6.07, 6.45) is 0.623. The van der Waals surface area contributed by atoms with Crippen molar-refractivity contribution < 1.29 is 22.7 Å². The molecule has 0 bridgehead atoms. The Bertz CT molecular complexity index is 1360. The lowest BCUT2D eigenvalue weighted by Gasteiger charge is -2.28. The molecule has 0 saturated carbocycles. The highest BCUT2D eigenvalue weighted by atomic mass is 35.5. The van der Waals surface area contributed by atoms with Gasteiger partial charge < -0.3 is 10.1 Å². The quantitative estimate of drug-likeness (QED) is 0.514. The van der Waals surface area contributed by atoms with Gasteiger partial charge in [-0.3, -0.25) is 4.79 Å². The van der Waals surface area contributed by atoms with E-state index in [2.05, 4.69) is 5.32 Å². The smallest absolute Gasteiger partial charge is 0.338 e. The number of carbonyl (C=O) groups excluding carboxylic acids is 2. The number of aryl methyl sites for hydroxylation is 1. The lowest BCUT2D eigenvalue weighted by atomic mass is 10.0. The van der Waals surface area contributed by atoms with Crippen LogP contribution < -0.4 is 5.32 Å². The first kappa shape index (κ1) is 23.9. The van der Waals surface area contributed by atoms with Crippen LogP contribution in [0, 0.1) is 6.92 Å². The fourth-order valence-corrected chi connectivity index (χ4v) is 5.37. The molecule has 0 spiro atoms. The van der Waals surface area contributed by atoms with Crippen molar-refractivity contribution in [2.75, 3.05) is 18.5 Å². The molecular formula is C25H23ClN2O5S. The summed E-state index contributed by atoms with van der Waals surface area (Å²) in [7, 11) is -3.81. The van der Waals surface area contributed by atoms with E-state index >= 15 is 0 Å². The van der Waals surface area contributed by atoms with Crippen LogP contribution in [-0.2, 0) is 32.5 Å². The third-order valence-corrected chi connectivity index (χ3v) is 7.69. The minimum atomic E-state index is -3.81. The zero-order chi connectivity index (χ0) is 24.3. The molecule has 4 rings (SSSR count). The maximum Gasteiger partial charge on any atom is 0.338 e. The van der Waals surface area contributed by atoms with Crippen LogP contribution in [0.2, 0.25) is 5.02 Å². The molecule has 0 aliphatic carbocycles. The molecule has 3 aromatic carbocycles. The predicted molar refractivity (Wildman–Crippen MR) is 129 cm³/mol. The molecule has 7 nitrogen and oxygen atoms in total. The van der Waals surface area contributed by atoms with E-state index in [4.69, 9.17) is 16.3 Å². The molecule has 3 aromatic rings. The van der Waals surface area contributed by atoms with Crippen LogP contribution in [-0.4, -0.2) is 37.8 Å². The Kier molecular flexibility index (Phi) is 7.02. The van der Waals surface area contributed by atoms with Gasteiger partial charge in [0, 0.05) is 23.8 Å². The highest BCUT2D eigenvalue weighted by Gasteiger charge is 2.28. The Morgan fingerprint density at radius 2 is 1.79 bits per heavy atom. The second-order valence-corrected chi connectivity index (χ2v) is 10.3. The number of nitrogens with one attached hydrogen (secondary N) is 1. The molecule has 1 N–H and O–H groups in total. The van der Waals surface area contributed by atoms with E-state index in [1.807, 2.05) is 31.2 Å². The van der Waals surface area contributed by atoms with Crippen molar-refractivity contribution in [2.24, 2.45) is 0 Å². The van der Waals surface area contributed by atoms with Gasteiger partial charge in [-0.15, -0.1) is 0 Å². The standard InChI is InChI=1S/C25H23ClN2O5S/c1-17-9-10-21(26)14-23(17)27-24(29)16-33-25(30)19-7-4-8-22(13-19)34(31,32)28-12-11-18-5-2-3-6-20(18)15-28/h2-10,13-14H,11-12,15-16H2,1H3,(H,27,29). The number of hydrogen-bond donors (Lipinski definition) is 1. The second-order valence-electron chi connectivity index (χ2n) is 7.97. The largest absolute Gasteiger partial charge is 0.452 e. The molecule has 0 saturated heterocycles. The molecule has 0 atom stereocenters. The lowest BCUT2D eigenvalue weighted by Crippen LogP contribution is -2.36. The molecule has 0 unspecified atom stereocenters. The first-order chi connectivity index (χ1) is 16.2. The highest BCUT2D eigenvalue weighted by Crippen LogP contribution is 2.25. The van der Waals surface area contributed by atoms with E-state index < -0.39 is 28.5 Å². The number of rotatable bonds is 6. The van der Waals surface area contributed by atoms with Gasteiger partial charge in [-0.2, -0.15) is 4.31 Å². The Labute approximate surface area is 203 Å². The number of hydrogen-bond acceptors (Lipinski definition) is 5. The van der Waals surface area contributed by atoms with Gasteiger partial charge in [-0.05, 0) is 60.4 Å². The van der Waals surface area contributed by atoms with Crippen molar-refractivity contribution in [2.45, 2.75) is 24.8 Å². The first-order valence-electron chi connectivity index (χ1n) is 10.6. The van der Waals surface area contributed by atoms with Crippen LogP contribution in [0.15, 0.2) is 71.6 Å². The van der Waals surface area contributed by atoms with Gasteiger partial charge >= 0.3 is 5.97 Å². The van der Waals surface area contributed by atoms with Crippen LogP contribution in [0.4, 0.5) is 5.69 Å². The summed E-state index contributed by atoms with van der Waals surface area (Å²) in [5, 5.41) is 3.11. The third kappa shape index (κ3) is 5.30. The maximum absolute atomic E-state index is 13.2. The number of anilines is 1. The summed E-state index contributed by atoms with van der Waals surface area (Å²) in [5.41, 5.74) is 3.48. The van der Waals surface area contributed by atoms with E-state index in [0.29, 0.717) is 23.7 Å². The fourth-order valence-electron chi connectivity index (χ4n) is 3.74. The predicted octanol–water partition coefficient (Wildman–Crippen LogP) is 4.19. The lowest BCUT2D eigenvalue weighted by molar-refractivity contribution is -0.119. The average Bonchev–Trinajstić information content (AvgIpc) is 2.84. The van der Waals surface area contributed by atoms with Crippen LogP contribution in [0.3, 0.4) is 0 Å². The molecule has 0 fully saturated rings. The summed E-state index contributed by atoms with van der Waals surface area (Å²) in [6, 6.07) is 18.5. The Balaban J connectivity index is 1.42. The van der Waals surface area contributed by atoms with Crippen molar-refractivity contribution in [1.29, 1.82) is 0 Å². The summed E-state index contributed by atoms with van der Waals surface area (Å²) < 4.78 is 32.9. The topological polar surface area (TPSA) is 92.8 Å². The number of nitrogens with zero attached hydrogens (tertiary/aromatic N) is 1. The average molecular weight is 499 g/mol. The summed E-state index contributed by atoms with van der Waals surface area (Å²) in [4.78, 5) is 24.7. The van der Waals surface area contributed by atoms with Gasteiger partial charge in [0.2, 0.25) is 10.0 Å². The van der Waals surface area contributed by atoms with Gasteiger partial charge in [-0.25, -0.2) is 13.2 Å². The zero-order valence-electron chi connectivity index (χ0n) is 18.5. The number of ether oxygens (including phenoxy) is 1. The maximum atomic E-state index is 13.2. The molecule has 1 heterocycles. The molecule has 0 radical (unpaired) electrons. The van der Waals surface area contributed by atoms with Crippen molar-refractivity contribution in [1.82, 2.24) is 4.31 Å². The summed E-state index contributed by atoms with van der Waals surface area (Å²) >= 11 is 5.95. The normalized spacial score (nSPS) is 13.7. The molecule has 1 aliphatic rings. The number of esters is 1. The SMILES string of the molecule is Cc1ccc(Cl)cc1NC(=O)COC(=O)c1cccc(S(=O)(=O)N2CCc3ccccc3C2)c1. The summed E-state index contributed by atoms with van der Waals surface area (Å²) in [5.74, 6) is -1.33. The number of halogens is 1. The highest BCUT2D eigenvalue weighted by molar-refractivity contribution is 7.89. The van der Waals surface area contributed by atoms with Crippen LogP contribution in [0.25, 0.3) is 0 Å². The zero-order valence-corrected chi connectivity index (χ0v) is 20.0. The van der Waals surface area contributed by atoms with Gasteiger partial charge in [0.15, 0.2) is 6.61 Å². The Morgan fingerprint density at radius 1 is 1.03 bits per heavy atom. The van der Waals surface area contributed by atoms with Crippen molar-refractivity contribution in [3.05, 3.63) is 94.0 Å². The number of carbonyl (C=O) groups is 2. The third-order valence-electron chi connectivity index (χ3n) is 5.61. The number of benzene rings is 3. The molecular weight excluding hydrogens is 476 g/mol. The fraction of sp³-hybridized carbons (Fsp3) is 0.200. The van der Waals surface area contributed by atoms with Crippen LogP contribution in [0.1, 0.15) is 27.0 Å². The molecule has 1 aliphatic heterocycles. The Hall–Kier alpha value is -3.20. The van der Waals surface area contributed by atoms with E-state index in [1.165, 1.54) is 28.6 Å². The molecule has 34 heavy (non-hydrogen) atoms. The molecule has 9 heteroatoms. The number of fused-ring (bicyclic) bond motifs is 1. The minimum Gasteiger partial charge on any atom is -0.452 e. The van der Waals surface area contributed by atoms with Crippen molar-refractivity contribution in [3.63, 3.8) is 0 Å². The van der Waals surface area contributed by atoms with E-state index in [-0.39, 0.29) is 17.0 Å². The number of sulfonamides is 1. The first-order valence-corrected chi connectivity index (χ1v) is 12.5. The molecule has 0 aromatic heterocycles. The monoisotopic (exact) mass is 498 g/mol. The van der Waals surface area contributed by atoms with Gasteiger partial charge in [0.05, 0.1) is 10.5 Å². The Morgan fingerprint density at radius 3 is 2.59 bits per heavy atom. The molecule has 1 amide bonds. The van der Waals surface area contributed by atoms with E-state index in [9.17, 15) is 18.0 Å². The van der Waals surface area contributed by atoms with Crippen LogP contribution in [0.5, 0.6) is 0 Å². The van der Waals surface area contributed by atoms with Crippen LogP contribution >= 0.6 is 11.6 Å². The van der Waals surface area contributed by atoms with Gasteiger partial charge in [0.1, 0.15) is 0 Å². The van der Waals surface area contributed by atoms with Crippen molar-refractivity contribution >= 4 is 39.2 Å². The van der Waals surface area contributed by atoms with Crippen molar-refractivity contribution in [3.8, 4) is 0 Å². The molecule has 176 valence electrons. The summed E-state index contributed by atoms with van der Waals surface area (Å²) in [6.45, 7) is 1.92. The van der Waals surface area contributed by atoms with E-state index in [0.717, 1.165) is 16.7 Å². The van der Waals surface area contributed by atoms with E-state index in [1.54, 1.807) is 18.2 Å². The number of amides is 1. The second kappa shape index (κ2) is 9.97.